The molecule has 0 aromatic heterocycles. The topological polar surface area (TPSA) is 15.3 Å². The van der Waals surface area contributed by atoms with Crippen molar-refractivity contribution in [1.29, 1.82) is 0 Å². The molecule has 1 aliphatic rings. The van der Waals surface area contributed by atoms with Crippen LogP contribution in [0.3, 0.4) is 0 Å². The Morgan fingerprint density at radius 2 is 1.69 bits per heavy atom. The molecular formula is C14H30N2. The van der Waals surface area contributed by atoms with Crippen LogP contribution in [-0.4, -0.2) is 37.1 Å². The Hall–Kier alpha value is -0.0800. The van der Waals surface area contributed by atoms with E-state index < -0.39 is 0 Å². The van der Waals surface area contributed by atoms with Gasteiger partial charge in [0.1, 0.15) is 0 Å². The molecule has 0 amide bonds. The number of hydrogen-bond acceptors (Lipinski definition) is 2. The predicted molar refractivity (Wildman–Crippen MR) is 71.7 cm³/mol. The zero-order valence-electron chi connectivity index (χ0n) is 11.8. The Bertz CT molecular complexity index is 179. The number of piperidine rings is 1. The number of rotatable bonds is 5. The van der Waals surface area contributed by atoms with E-state index >= 15 is 0 Å². The summed E-state index contributed by atoms with van der Waals surface area (Å²) in [7, 11) is 0. The van der Waals surface area contributed by atoms with Crippen LogP contribution >= 0.6 is 0 Å². The van der Waals surface area contributed by atoms with Gasteiger partial charge in [-0.3, -0.25) is 4.90 Å². The number of nitrogens with one attached hydrogen (secondary N) is 1. The Morgan fingerprint density at radius 1 is 1.12 bits per heavy atom. The molecule has 2 nitrogen and oxygen atoms in total. The van der Waals surface area contributed by atoms with Gasteiger partial charge < -0.3 is 5.32 Å². The van der Waals surface area contributed by atoms with Crippen LogP contribution in [0.2, 0.25) is 0 Å². The summed E-state index contributed by atoms with van der Waals surface area (Å²) in [5.74, 6) is 2.35. The highest BCUT2D eigenvalue weighted by atomic mass is 15.2. The highest BCUT2D eigenvalue weighted by Gasteiger charge is 2.27. The van der Waals surface area contributed by atoms with Gasteiger partial charge in [-0.25, -0.2) is 0 Å². The second kappa shape index (κ2) is 6.61. The summed E-state index contributed by atoms with van der Waals surface area (Å²) in [6.45, 7) is 16.6. The first-order valence-electron chi connectivity index (χ1n) is 6.95. The summed E-state index contributed by atoms with van der Waals surface area (Å²) in [4.78, 5) is 2.74. The molecule has 1 rings (SSSR count). The molecule has 0 aromatic carbocycles. The van der Waals surface area contributed by atoms with Gasteiger partial charge in [-0.15, -0.1) is 0 Å². The van der Waals surface area contributed by atoms with E-state index in [0.717, 1.165) is 23.8 Å². The van der Waals surface area contributed by atoms with E-state index in [-0.39, 0.29) is 0 Å². The van der Waals surface area contributed by atoms with Gasteiger partial charge in [0.05, 0.1) is 0 Å². The van der Waals surface area contributed by atoms with Crippen LogP contribution in [0.4, 0.5) is 0 Å². The lowest BCUT2D eigenvalue weighted by molar-refractivity contribution is 0.0946. The van der Waals surface area contributed by atoms with Crippen molar-refractivity contribution in [3.8, 4) is 0 Å². The van der Waals surface area contributed by atoms with Crippen LogP contribution in [-0.2, 0) is 0 Å². The summed E-state index contributed by atoms with van der Waals surface area (Å²) >= 11 is 0. The Morgan fingerprint density at radius 3 is 2.12 bits per heavy atom. The van der Waals surface area contributed by atoms with Gasteiger partial charge in [-0.2, -0.15) is 0 Å². The lowest BCUT2D eigenvalue weighted by Gasteiger charge is -2.40. The molecular weight excluding hydrogens is 196 g/mol. The lowest BCUT2D eigenvalue weighted by atomic mass is 9.92. The molecule has 1 heterocycles. The molecule has 1 aliphatic heterocycles. The summed E-state index contributed by atoms with van der Waals surface area (Å²) in [6, 6.07) is 0.797. The molecule has 0 radical (unpaired) electrons. The fraction of sp³-hybridized carbons (Fsp3) is 1.00. The highest BCUT2D eigenvalue weighted by molar-refractivity contribution is 4.84. The average molecular weight is 226 g/mol. The standard InChI is InChI=1S/C14H30N2/c1-11(2)9-16(10-12(3)4)14-6-7-15-8-13(14)5/h11-15H,6-10H2,1-5H3. The molecule has 1 N–H and O–H groups in total. The SMILES string of the molecule is CC(C)CN(CC(C)C)C1CCNCC1C. The average Bonchev–Trinajstić information content (AvgIpc) is 2.15. The summed E-state index contributed by atoms with van der Waals surface area (Å²) in [5.41, 5.74) is 0. The first-order valence-corrected chi connectivity index (χ1v) is 6.95. The number of nitrogens with zero attached hydrogens (tertiary/aromatic N) is 1. The van der Waals surface area contributed by atoms with Crippen molar-refractivity contribution in [1.82, 2.24) is 10.2 Å². The van der Waals surface area contributed by atoms with Crippen LogP contribution in [0.25, 0.3) is 0 Å². The second-order valence-corrected chi connectivity index (χ2v) is 6.28. The molecule has 1 saturated heterocycles. The van der Waals surface area contributed by atoms with E-state index in [2.05, 4.69) is 44.8 Å². The lowest BCUT2D eigenvalue weighted by Crippen LogP contribution is -2.50. The molecule has 2 heteroatoms. The van der Waals surface area contributed by atoms with Gasteiger partial charge in [0.25, 0.3) is 0 Å². The van der Waals surface area contributed by atoms with Crippen molar-refractivity contribution in [2.75, 3.05) is 26.2 Å². The third-order valence-corrected chi connectivity index (χ3v) is 3.41. The largest absolute Gasteiger partial charge is 0.316 e. The van der Waals surface area contributed by atoms with Gasteiger partial charge >= 0.3 is 0 Å². The first kappa shape index (κ1) is 14.0. The maximum Gasteiger partial charge on any atom is 0.0145 e. The third-order valence-electron chi connectivity index (χ3n) is 3.41. The first-order chi connectivity index (χ1) is 7.50. The van der Waals surface area contributed by atoms with Crippen molar-refractivity contribution < 1.29 is 0 Å². The molecule has 0 saturated carbocycles. The van der Waals surface area contributed by atoms with E-state index in [0.29, 0.717) is 0 Å². The van der Waals surface area contributed by atoms with Crippen LogP contribution in [0.15, 0.2) is 0 Å². The summed E-state index contributed by atoms with van der Waals surface area (Å²) in [6.07, 6.45) is 1.32. The van der Waals surface area contributed by atoms with E-state index in [9.17, 15) is 0 Å². The van der Waals surface area contributed by atoms with E-state index in [1.807, 2.05) is 0 Å². The van der Waals surface area contributed by atoms with E-state index in [4.69, 9.17) is 0 Å². The minimum Gasteiger partial charge on any atom is -0.316 e. The van der Waals surface area contributed by atoms with Crippen molar-refractivity contribution >= 4 is 0 Å². The van der Waals surface area contributed by atoms with Crippen LogP contribution < -0.4 is 5.32 Å². The quantitative estimate of drug-likeness (QED) is 0.775. The minimum absolute atomic E-state index is 0.779. The highest BCUT2D eigenvalue weighted by Crippen LogP contribution is 2.20. The maximum atomic E-state index is 3.50. The molecule has 0 bridgehead atoms. The molecule has 16 heavy (non-hydrogen) atoms. The normalized spacial score (nSPS) is 27.0. The smallest absolute Gasteiger partial charge is 0.0145 e. The van der Waals surface area contributed by atoms with Crippen molar-refractivity contribution in [3.05, 3.63) is 0 Å². The molecule has 2 atom stereocenters. The van der Waals surface area contributed by atoms with Crippen molar-refractivity contribution in [2.24, 2.45) is 17.8 Å². The second-order valence-electron chi connectivity index (χ2n) is 6.28. The molecule has 2 unspecified atom stereocenters. The van der Waals surface area contributed by atoms with Crippen molar-refractivity contribution in [2.45, 2.75) is 47.1 Å². The maximum absolute atomic E-state index is 3.50. The summed E-state index contributed by atoms with van der Waals surface area (Å²) in [5, 5.41) is 3.50. The van der Waals surface area contributed by atoms with Gasteiger partial charge in [0, 0.05) is 19.1 Å². The van der Waals surface area contributed by atoms with Gasteiger partial charge in [0.15, 0.2) is 0 Å². The van der Waals surface area contributed by atoms with Gasteiger partial charge in [0.2, 0.25) is 0 Å². The number of hydrogen-bond donors (Lipinski definition) is 1. The fourth-order valence-electron chi connectivity index (χ4n) is 2.83. The fourth-order valence-corrected chi connectivity index (χ4v) is 2.83. The van der Waals surface area contributed by atoms with Crippen LogP contribution in [0, 0.1) is 17.8 Å². The summed E-state index contributed by atoms with van der Waals surface area (Å²) < 4.78 is 0. The predicted octanol–water partition coefficient (Wildman–Crippen LogP) is 2.60. The monoisotopic (exact) mass is 226 g/mol. The molecule has 0 aliphatic carbocycles. The van der Waals surface area contributed by atoms with Crippen LogP contribution in [0.5, 0.6) is 0 Å². The van der Waals surface area contributed by atoms with E-state index in [1.165, 1.54) is 32.6 Å². The Labute approximate surface area is 102 Å². The minimum atomic E-state index is 0.779. The van der Waals surface area contributed by atoms with Crippen molar-refractivity contribution in [3.63, 3.8) is 0 Å². The Kier molecular flexibility index (Phi) is 5.77. The molecule has 0 spiro atoms. The zero-order chi connectivity index (χ0) is 12.1. The van der Waals surface area contributed by atoms with Gasteiger partial charge in [-0.05, 0) is 37.3 Å². The van der Waals surface area contributed by atoms with Crippen LogP contribution in [0.1, 0.15) is 41.0 Å². The van der Waals surface area contributed by atoms with Gasteiger partial charge in [-0.1, -0.05) is 34.6 Å². The third kappa shape index (κ3) is 4.42. The zero-order valence-corrected chi connectivity index (χ0v) is 11.8. The molecule has 0 aromatic rings. The Balaban J connectivity index is 2.58. The molecule has 1 fully saturated rings. The van der Waals surface area contributed by atoms with E-state index in [1.54, 1.807) is 0 Å². The molecule has 96 valence electrons.